The fourth-order valence-electron chi connectivity index (χ4n) is 1.40. The number of aromatic nitrogens is 3. The lowest BCUT2D eigenvalue weighted by atomic mass is 10.2. The largest absolute Gasteiger partial charge is 0.465 e. The van der Waals surface area contributed by atoms with E-state index in [2.05, 4.69) is 14.7 Å². The number of carbonyl (C=O) groups excluding carboxylic acids is 1. The third-order valence-electron chi connectivity index (χ3n) is 2.18. The van der Waals surface area contributed by atoms with E-state index in [1.54, 1.807) is 23.2 Å². The van der Waals surface area contributed by atoms with Crippen molar-refractivity contribution in [3.8, 4) is 5.82 Å². The van der Waals surface area contributed by atoms with Crippen LogP contribution >= 0.6 is 11.6 Å². The first-order valence-electron chi connectivity index (χ1n) is 4.87. The average molecular weight is 252 g/mol. The first kappa shape index (κ1) is 11.6. The zero-order valence-corrected chi connectivity index (χ0v) is 10.1. The number of halogens is 1. The molecule has 2 aromatic rings. The molecular formula is C11H10ClN3O2. The summed E-state index contributed by atoms with van der Waals surface area (Å²) in [5.41, 5.74) is 1.21. The minimum absolute atomic E-state index is 0.231. The van der Waals surface area contributed by atoms with E-state index >= 15 is 0 Å². The summed E-state index contributed by atoms with van der Waals surface area (Å²) in [7, 11) is 1.32. The SMILES string of the molecule is COC(=O)c1cc(Cl)nc(-n2cnc(C)c2)c1. The van der Waals surface area contributed by atoms with E-state index in [1.165, 1.54) is 13.2 Å². The molecular weight excluding hydrogens is 242 g/mol. The summed E-state index contributed by atoms with van der Waals surface area (Å²) < 4.78 is 6.33. The third-order valence-corrected chi connectivity index (χ3v) is 2.37. The van der Waals surface area contributed by atoms with Crippen LogP contribution in [0.2, 0.25) is 5.15 Å². The Morgan fingerprint density at radius 1 is 1.47 bits per heavy atom. The molecule has 0 fully saturated rings. The number of aryl methyl sites for hydroxylation is 1. The Hall–Kier alpha value is -1.88. The van der Waals surface area contributed by atoms with Crippen LogP contribution in [0.15, 0.2) is 24.7 Å². The lowest BCUT2D eigenvalue weighted by Gasteiger charge is -2.04. The molecule has 5 nitrogen and oxygen atoms in total. The number of esters is 1. The summed E-state index contributed by atoms with van der Waals surface area (Å²) in [6.07, 6.45) is 3.40. The first-order valence-corrected chi connectivity index (χ1v) is 5.25. The number of methoxy groups -OCH3 is 1. The van der Waals surface area contributed by atoms with E-state index in [0.717, 1.165) is 5.69 Å². The second kappa shape index (κ2) is 4.55. The quantitative estimate of drug-likeness (QED) is 0.605. The first-order chi connectivity index (χ1) is 8.10. The molecule has 0 saturated carbocycles. The average Bonchev–Trinajstić information content (AvgIpc) is 2.74. The highest BCUT2D eigenvalue weighted by atomic mass is 35.5. The second-order valence-electron chi connectivity index (χ2n) is 3.45. The van der Waals surface area contributed by atoms with Crippen molar-refractivity contribution in [2.75, 3.05) is 7.11 Å². The predicted molar refractivity (Wildman–Crippen MR) is 62.4 cm³/mol. The van der Waals surface area contributed by atoms with Crippen LogP contribution in [0.1, 0.15) is 16.1 Å². The van der Waals surface area contributed by atoms with Crippen molar-refractivity contribution < 1.29 is 9.53 Å². The van der Waals surface area contributed by atoms with Gasteiger partial charge >= 0.3 is 5.97 Å². The van der Waals surface area contributed by atoms with E-state index in [9.17, 15) is 4.79 Å². The molecule has 2 rings (SSSR count). The summed E-state index contributed by atoms with van der Waals surface area (Å²) >= 11 is 5.86. The van der Waals surface area contributed by atoms with Gasteiger partial charge in [-0.1, -0.05) is 11.6 Å². The summed E-state index contributed by atoms with van der Waals surface area (Å²) in [6, 6.07) is 3.06. The molecule has 0 aliphatic heterocycles. The maximum atomic E-state index is 11.4. The van der Waals surface area contributed by atoms with Crippen molar-refractivity contribution in [3.63, 3.8) is 0 Å². The minimum atomic E-state index is -0.451. The monoisotopic (exact) mass is 251 g/mol. The Balaban J connectivity index is 2.48. The van der Waals surface area contributed by atoms with Crippen LogP contribution in [0.5, 0.6) is 0 Å². The molecule has 6 heteroatoms. The van der Waals surface area contributed by atoms with E-state index in [4.69, 9.17) is 11.6 Å². The van der Waals surface area contributed by atoms with Gasteiger partial charge in [-0.25, -0.2) is 14.8 Å². The molecule has 0 bridgehead atoms. The lowest BCUT2D eigenvalue weighted by molar-refractivity contribution is 0.0600. The van der Waals surface area contributed by atoms with Crippen LogP contribution in [-0.2, 0) is 4.74 Å². The van der Waals surface area contributed by atoms with Crippen molar-refractivity contribution in [1.82, 2.24) is 14.5 Å². The molecule has 0 saturated heterocycles. The Kier molecular flexibility index (Phi) is 3.10. The van der Waals surface area contributed by atoms with Crippen LogP contribution in [0, 0.1) is 6.92 Å². The highest BCUT2D eigenvalue weighted by Crippen LogP contribution is 2.15. The molecule has 0 aliphatic rings. The fraction of sp³-hybridized carbons (Fsp3) is 0.182. The van der Waals surface area contributed by atoms with Gasteiger partial charge < -0.3 is 4.74 Å². The predicted octanol–water partition coefficient (Wildman–Crippen LogP) is 2.02. The van der Waals surface area contributed by atoms with Crippen molar-refractivity contribution in [1.29, 1.82) is 0 Å². The van der Waals surface area contributed by atoms with Crippen LogP contribution in [0.25, 0.3) is 5.82 Å². The maximum absolute atomic E-state index is 11.4. The fourth-order valence-corrected chi connectivity index (χ4v) is 1.60. The number of hydrogen-bond acceptors (Lipinski definition) is 4. The number of ether oxygens (including phenoxy) is 1. The molecule has 88 valence electrons. The smallest absolute Gasteiger partial charge is 0.338 e. The standard InChI is InChI=1S/C11H10ClN3O2/c1-7-5-15(6-13-7)10-4-8(11(16)17-2)3-9(12)14-10/h3-6H,1-2H3. The summed E-state index contributed by atoms with van der Waals surface area (Å²) in [5, 5.41) is 0.231. The zero-order valence-electron chi connectivity index (χ0n) is 9.35. The topological polar surface area (TPSA) is 57.0 Å². The van der Waals surface area contributed by atoms with Gasteiger partial charge in [0.2, 0.25) is 0 Å². The van der Waals surface area contributed by atoms with Gasteiger partial charge in [0.1, 0.15) is 17.3 Å². The number of hydrogen-bond donors (Lipinski definition) is 0. The maximum Gasteiger partial charge on any atom is 0.338 e. The summed E-state index contributed by atoms with van der Waals surface area (Å²) in [5.74, 6) is 0.0749. The van der Waals surface area contributed by atoms with Gasteiger partial charge in [-0.3, -0.25) is 4.57 Å². The zero-order chi connectivity index (χ0) is 12.4. The molecule has 0 aromatic carbocycles. The normalized spacial score (nSPS) is 10.3. The molecule has 0 atom stereocenters. The number of carbonyl (C=O) groups is 1. The second-order valence-corrected chi connectivity index (χ2v) is 3.84. The van der Waals surface area contributed by atoms with Crippen LogP contribution in [0.3, 0.4) is 0 Å². The lowest BCUT2D eigenvalue weighted by Crippen LogP contribution is -2.04. The van der Waals surface area contributed by atoms with E-state index < -0.39 is 5.97 Å². The molecule has 17 heavy (non-hydrogen) atoms. The van der Waals surface area contributed by atoms with Crippen LogP contribution in [0.4, 0.5) is 0 Å². The molecule has 0 aliphatic carbocycles. The highest BCUT2D eigenvalue weighted by molar-refractivity contribution is 6.29. The molecule has 0 N–H and O–H groups in total. The van der Waals surface area contributed by atoms with Crippen LogP contribution in [-0.4, -0.2) is 27.6 Å². The molecule has 0 spiro atoms. The van der Waals surface area contributed by atoms with E-state index in [1.807, 2.05) is 6.92 Å². The van der Waals surface area contributed by atoms with Gasteiger partial charge in [-0.2, -0.15) is 0 Å². The van der Waals surface area contributed by atoms with E-state index in [-0.39, 0.29) is 5.15 Å². The van der Waals surface area contributed by atoms with Gasteiger partial charge in [-0.05, 0) is 19.1 Å². The Morgan fingerprint density at radius 3 is 2.82 bits per heavy atom. The van der Waals surface area contributed by atoms with Crippen molar-refractivity contribution in [2.24, 2.45) is 0 Å². The van der Waals surface area contributed by atoms with Gasteiger partial charge in [0.05, 0.1) is 18.4 Å². The molecule has 2 aromatic heterocycles. The van der Waals surface area contributed by atoms with E-state index in [0.29, 0.717) is 11.4 Å². The third kappa shape index (κ3) is 2.45. The van der Waals surface area contributed by atoms with Gasteiger partial charge in [0.15, 0.2) is 0 Å². The van der Waals surface area contributed by atoms with Gasteiger partial charge in [0.25, 0.3) is 0 Å². The summed E-state index contributed by atoms with van der Waals surface area (Å²) in [4.78, 5) is 19.6. The summed E-state index contributed by atoms with van der Waals surface area (Å²) in [6.45, 7) is 1.86. The molecule has 0 unspecified atom stereocenters. The molecule has 2 heterocycles. The number of rotatable bonds is 2. The van der Waals surface area contributed by atoms with Gasteiger partial charge in [0, 0.05) is 6.20 Å². The van der Waals surface area contributed by atoms with Crippen molar-refractivity contribution in [2.45, 2.75) is 6.92 Å². The number of nitrogens with zero attached hydrogens (tertiary/aromatic N) is 3. The van der Waals surface area contributed by atoms with Crippen molar-refractivity contribution in [3.05, 3.63) is 41.1 Å². The molecule has 0 amide bonds. The van der Waals surface area contributed by atoms with Crippen molar-refractivity contribution >= 4 is 17.6 Å². The van der Waals surface area contributed by atoms with Gasteiger partial charge in [-0.15, -0.1) is 0 Å². The minimum Gasteiger partial charge on any atom is -0.465 e. The molecule has 0 radical (unpaired) electrons. The Labute approximate surface area is 103 Å². The highest BCUT2D eigenvalue weighted by Gasteiger charge is 2.10. The number of imidazole rings is 1. The number of pyridine rings is 1. The van der Waals surface area contributed by atoms with Crippen LogP contribution < -0.4 is 0 Å². The Bertz CT molecular complexity index is 566. The Morgan fingerprint density at radius 2 is 2.24 bits per heavy atom.